The van der Waals surface area contributed by atoms with Crippen LogP contribution in [0.15, 0.2) is 24.3 Å². The molecule has 0 amide bonds. The van der Waals surface area contributed by atoms with Crippen LogP contribution in [-0.4, -0.2) is 12.0 Å². The van der Waals surface area contributed by atoms with Crippen molar-refractivity contribution in [1.82, 2.24) is 5.32 Å². The maximum Gasteiger partial charge on any atom is 0.365 e. The molecule has 0 aliphatic carbocycles. The monoisotopic (exact) mass is 237 g/mol. The Morgan fingerprint density at radius 2 is 1.88 bits per heavy atom. The van der Waals surface area contributed by atoms with E-state index in [-0.39, 0.29) is 5.56 Å². The van der Waals surface area contributed by atoms with Crippen molar-refractivity contribution in [3.8, 4) is 0 Å². The molecule has 1 aliphatic rings. The third kappa shape index (κ3) is 1.77. The highest BCUT2D eigenvalue weighted by Gasteiger charge is 2.63. The zero-order valence-electron chi connectivity index (χ0n) is 7.98. The minimum Gasteiger partial charge on any atom is -0.246 e. The molecule has 0 bridgehead atoms. The summed E-state index contributed by atoms with van der Waals surface area (Å²) in [5, 5.41) is 1.51. The van der Waals surface area contributed by atoms with Crippen molar-refractivity contribution in [3.05, 3.63) is 35.6 Å². The minimum atomic E-state index is -4.25. The zero-order valence-corrected chi connectivity index (χ0v) is 7.98. The van der Waals surface area contributed by atoms with E-state index in [2.05, 4.69) is 0 Å². The molecule has 0 saturated carbocycles. The molecule has 1 heterocycles. The summed E-state index contributed by atoms with van der Waals surface area (Å²) in [6.07, 6.45) is -1.04. The second-order valence-electron chi connectivity index (χ2n) is 3.73. The lowest BCUT2D eigenvalue weighted by Gasteiger charge is -2.16. The van der Waals surface area contributed by atoms with Gasteiger partial charge >= 0.3 is 12.0 Å². The highest BCUT2D eigenvalue weighted by atomic mass is 19.3. The molecule has 1 fully saturated rings. The third-order valence-corrected chi connectivity index (χ3v) is 2.53. The Hall–Kier alpha value is -1.17. The lowest BCUT2D eigenvalue weighted by atomic mass is 10.0. The molecule has 0 spiro atoms. The average molecular weight is 237 g/mol. The smallest absolute Gasteiger partial charge is 0.246 e. The van der Waals surface area contributed by atoms with Crippen molar-refractivity contribution in [2.75, 3.05) is 0 Å². The Morgan fingerprint density at radius 1 is 1.19 bits per heavy atom. The van der Waals surface area contributed by atoms with Crippen molar-refractivity contribution < 1.29 is 22.0 Å². The van der Waals surface area contributed by atoms with Crippen molar-refractivity contribution in [2.45, 2.75) is 24.4 Å². The highest BCUT2D eigenvalue weighted by molar-refractivity contribution is 5.23. The fourth-order valence-electron chi connectivity index (χ4n) is 1.68. The Bertz CT molecular complexity index is 388. The first-order valence-electron chi connectivity index (χ1n) is 4.61. The molecular weight excluding hydrogens is 229 g/mol. The molecule has 0 unspecified atom stereocenters. The molecule has 1 saturated heterocycles. The maximum atomic E-state index is 12.9. The highest BCUT2D eigenvalue weighted by Crippen LogP contribution is 2.46. The second kappa shape index (κ2) is 3.41. The largest absolute Gasteiger partial charge is 0.365 e. The van der Waals surface area contributed by atoms with Crippen molar-refractivity contribution in [2.24, 2.45) is 0 Å². The van der Waals surface area contributed by atoms with E-state index < -0.39 is 30.2 Å². The number of rotatable bonds is 1. The summed E-state index contributed by atoms with van der Waals surface area (Å²) in [4.78, 5) is 0. The fourth-order valence-corrected chi connectivity index (χ4v) is 1.68. The first-order chi connectivity index (χ1) is 7.32. The number of alkyl halides is 4. The molecule has 1 aromatic carbocycles. The summed E-state index contributed by atoms with van der Waals surface area (Å²) in [6.45, 7) is 0. The molecule has 1 atom stereocenters. The predicted octanol–water partition coefficient (Wildman–Crippen LogP) is 3.09. The van der Waals surface area contributed by atoms with Gasteiger partial charge < -0.3 is 0 Å². The van der Waals surface area contributed by atoms with Gasteiger partial charge in [0, 0.05) is 12.5 Å². The van der Waals surface area contributed by atoms with Gasteiger partial charge in [-0.05, 0) is 17.7 Å². The Morgan fingerprint density at radius 3 is 2.38 bits per heavy atom. The van der Waals surface area contributed by atoms with Gasteiger partial charge in [0.25, 0.3) is 0 Å². The Balaban J connectivity index is 2.27. The van der Waals surface area contributed by atoms with Crippen LogP contribution < -0.4 is 5.32 Å². The van der Waals surface area contributed by atoms with Gasteiger partial charge in [-0.15, -0.1) is 0 Å². The average Bonchev–Trinajstić information content (AvgIpc) is 2.36. The van der Waals surface area contributed by atoms with E-state index in [0.717, 1.165) is 12.1 Å². The van der Waals surface area contributed by atoms with E-state index in [1.54, 1.807) is 0 Å². The number of benzene rings is 1. The van der Waals surface area contributed by atoms with Crippen molar-refractivity contribution >= 4 is 0 Å². The summed E-state index contributed by atoms with van der Waals surface area (Å²) in [7, 11) is 0. The predicted molar refractivity (Wildman–Crippen MR) is 46.8 cm³/mol. The molecule has 1 aliphatic heterocycles. The van der Waals surface area contributed by atoms with Crippen LogP contribution in [-0.2, 0) is 0 Å². The van der Waals surface area contributed by atoms with E-state index in [9.17, 15) is 22.0 Å². The molecule has 1 aromatic rings. The summed E-state index contributed by atoms with van der Waals surface area (Å²) in [5.41, 5.74) is 0.0943. The molecule has 6 heteroatoms. The molecule has 88 valence electrons. The molecule has 2 rings (SSSR count). The first-order valence-corrected chi connectivity index (χ1v) is 4.61. The molecule has 0 radical (unpaired) electrons. The number of hydrogen-bond acceptors (Lipinski definition) is 1. The Labute approximate surface area is 88.3 Å². The summed E-state index contributed by atoms with van der Waals surface area (Å²) < 4.78 is 64.1. The SMILES string of the molecule is Fc1cccc([C@@H]2CC(F)(F)C(F)(F)N2)c1. The molecule has 1 nitrogen and oxygen atoms in total. The van der Waals surface area contributed by atoms with Crippen molar-refractivity contribution in [1.29, 1.82) is 0 Å². The molecule has 16 heavy (non-hydrogen) atoms. The van der Waals surface area contributed by atoms with Gasteiger partial charge in [-0.2, -0.15) is 17.6 Å². The van der Waals surface area contributed by atoms with E-state index in [0.29, 0.717) is 0 Å². The Kier molecular flexibility index (Phi) is 2.41. The van der Waals surface area contributed by atoms with Gasteiger partial charge in [0.05, 0.1) is 0 Å². The maximum absolute atomic E-state index is 12.9. The van der Waals surface area contributed by atoms with E-state index in [4.69, 9.17) is 0 Å². The van der Waals surface area contributed by atoms with Crippen LogP contribution in [0.4, 0.5) is 22.0 Å². The van der Waals surface area contributed by atoms with E-state index >= 15 is 0 Å². The lowest BCUT2D eigenvalue weighted by molar-refractivity contribution is -0.197. The number of halogens is 5. The van der Waals surface area contributed by atoms with Crippen LogP contribution in [0.1, 0.15) is 18.0 Å². The van der Waals surface area contributed by atoms with Gasteiger partial charge in [-0.1, -0.05) is 12.1 Å². The number of hydrogen-bond donors (Lipinski definition) is 1. The van der Waals surface area contributed by atoms with E-state index in [1.165, 1.54) is 17.4 Å². The second-order valence-corrected chi connectivity index (χ2v) is 3.73. The fraction of sp³-hybridized carbons (Fsp3) is 0.400. The van der Waals surface area contributed by atoms with Crippen LogP contribution >= 0.6 is 0 Å². The summed E-state index contributed by atoms with van der Waals surface area (Å²) in [5.74, 6) is -4.75. The van der Waals surface area contributed by atoms with Crippen LogP contribution in [0.25, 0.3) is 0 Å². The van der Waals surface area contributed by atoms with Gasteiger partial charge in [0.15, 0.2) is 0 Å². The van der Waals surface area contributed by atoms with Gasteiger partial charge in [-0.3, -0.25) is 0 Å². The summed E-state index contributed by atoms with van der Waals surface area (Å²) in [6, 6.07) is -0.770. The van der Waals surface area contributed by atoms with Crippen LogP contribution in [0.5, 0.6) is 0 Å². The van der Waals surface area contributed by atoms with Crippen LogP contribution in [0.2, 0.25) is 0 Å². The summed E-state index contributed by atoms with van der Waals surface area (Å²) >= 11 is 0. The van der Waals surface area contributed by atoms with Crippen molar-refractivity contribution in [3.63, 3.8) is 0 Å². The van der Waals surface area contributed by atoms with Gasteiger partial charge in [0.2, 0.25) is 0 Å². The minimum absolute atomic E-state index is 0.0943. The quantitative estimate of drug-likeness (QED) is 0.584. The molecular formula is C10H8F5N. The van der Waals surface area contributed by atoms with E-state index in [1.807, 2.05) is 0 Å². The number of nitrogens with one attached hydrogen (secondary N) is 1. The first kappa shape index (κ1) is 11.3. The van der Waals surface area contributed by atoms with Gasteiger partial charge in [0.1, 0.15) is 5.82 Å². The lowest BCUT2D eigenvalue weighted by Crippen LogP contribution is -2.43. The van der Waals surface area contributed by atoms with Crippen LogP contribution in [0, 0.1) is 5.82 Å². The standard InChI is InChI=1S/C10H8F5N/c11-7-3-1-2-6(4-7)8-5-9(12,13)10(14,15)16-8/h1-4,8,16H,5H2/t8-/m0/s1. The normalized spacial score (nSPS) is 26.9. The molecule has 0 aromatic heterocycles. The molecule has 1 N–H and O–H groups in total. The zero-order chi connectivity index (χ0) is 12.0. The third-order valence-electron chi connectivity index (χ3n) is 2.53. The topological polar surface area (TPSA) is 12.0 Å². The van der Waals surface area contributed by atoms with Gasteiger partial charge in [-0.25, -0.2) is 9.71 Å². The van der Waals surface area contributed by atoms with Crippen LogP contribution in [0.3, 0.4) is 0 Å².